The van der Waals surface area contributed by atoms with Crippen LogP contribution in [0.1, 0.15) is 17.0 Å². The van der Waals surface area contributed by atoms with Crippen LogP contribution < -0.4 is 4.74 Å². The molecule has 22 heavy (non-hydrogen) atoms. The second kappa shape index (κ2) is 5.96. The number of methoxy groups -OCH3 is 1. The Morgan fingerprint density at radius 1 is 1.23 bits per heavy atom. The van der Waals surface area contributed by atoms with E-state index in [9.17, 15) is 8.78 Å². The van der Waals surface area contributed by atoms with Gasteiger partial charge in [-0.2, -0.15) is 0 Å². The van der Waals surface area contributed by atoms with Crippen LogP contribution in [0, 0.1) is 0 Å². The molecule has 4 nitrogen and oxygen atoms in total. The molecule has 1 unspecified atom stereocenters. The molecule has 0 aliphatic carbocycles. The summed E-state index contributed by atoms with van der Waals surface area (Å²) in [6, 6.07) is 9.83. The summed E-state index contributed by atoms with van der Waals surface area (Å²) >= 11 is 0. The van der Waals surface area contributed by atoms with Crippen molar-refractivity contribution >= 4 is 0 Å². The highest BCUT2D eigenvalue weighted by molar-refractivity contribution is 5.21. The molecular formula is C16H17F2N3O. The Morgan fingerprint density at radius 2 is 1.91 bits per heavy atom. The lowest BCUT2D eigenvalue weighted by molar-refractivity contribution is -0.00364. The standard InChI is InChI=1S/C16H17F2N3O/c1-22-15-19-7-13(8-20-15)14-10-21(11-16(14,17)18)9-12-5-3-2-4-6-12/h2-8,14H,9-11H2,1H3. The third-order valence-electron chi connectivity index (χ3n) is 3.87. The van der Waals surface area contributed by atoms with Crippen LogP contribution in [0.3, 0.4) is 0 Å². The number of nitrogens with zero attached hydrogens (tertiary/aromatic N) is 3. The van der Waals surface area contributed by atoms with Crippen LogP contribution in [-0.4, -0.2) is 41.0 Å². The Bertz CT molecular complexity index is 619. The van der Waals surface area contributed by atoms with E-state index in [2.05, 4.69) is 9.97 Å². The molecular weight excluding hydrogens is 288 g/mol. The maximum atomic E-state index is 14.3. The largest absolute Gasteiger partial charge is 0.467 e. The van der Waals surface area contributed by atoms with Gasteiger partial charge in [0, 0.05) is 25.5 Å². The summed E-state index contributed by atoms with van der Waals surface area (Å²) in [4.78, 5) is 9.63. The first-order valence-electron chi connectivity index (χ1n) is 7.08. The SMILES string of the molecule is COc1ncc(C2CN(Cc3ccccc3)CC2(F)F)cn1. The number of halogens is 2. The van der Waals surface area contributed by atoms with Crippen LogP contribution in [0.2, 0.25) is 0 Å². The van der Waals surface area contributed by atoms with E-state index in [0.29, 0.717) is 12.1 Å². The summed E-state index contributed by atoms with van der Waals surface area (Å²) < 4.78 is 33.5. The van der Waals surface area contributed by atoms with Crippen LogP contribution in [-0.2, 0) is 6.54 Å². The highest BCUT2D eigenvalue weighted by atomic mass is 19.3. The van der Waals surface area contributed by atoms with Crippen LogP contribution >= 0.6 is 0 Å². The minimum Gasteiger partial charge on any atom is -0.467 e. The van der Waals surface area contributed by atoms with Crippen molar-refractivity contribution in [2.24, 2.45) is 0 Å². The van der Waals surface area contributed by atoms with Crippen LogP contribution in [0.5, 0.6) is 6.01 Å². The van der Waals surface area contributed by atoms with E-state index in [0.717, 1.165) is 5.56 Å². The first-order chi connectivity index (χ1) is 10.6. The molecule has 2 heterocycles. The van der Waals surface area contributed by atoms with Gasteiger partial charge in [0.1, 0.15) is 0 Å². The molecule has 1 atom stereocenters. The maximum Gasteiger partial charge on any atom is 0.316 e. The number of aromatic nitrogens is 2. The number of alkyl halides is 2. The number of likely N-dealkylation sites (tertiary alicyclic amines) is 1. The predicted molar refractivity (Wildman–Crippen MR) is 78.0 cm³/mol. The van der Waals surface area contributed by atoms with Crippen molar-refractivity contribution in [3.8, 4) is 6.01 Å². The monoisotopic (exact) mass is 305 g/mol. The quantitative estimate of drug-likeness (QED) is 0.870. The lowest BCUT2D eigenvalue weighted by Crippen LogP contribution is -2.26. The molecule has 0 spiro atoms. The predicted octanol–water partition coefficient (Wildman–Crippen LogP) is 2.72. The zero-order chi connectivity index (χ0) is 15.6. The summed E-state index contributed by atoms with van der Waals surface area (Å²) in [6.45, 7) is 0.556. The third kappa shape index (κ3) is 3.06. The van der Waals surface area contributed by atoms with Gasteiger partial charge in [-0.3, -0.25) is 4.90 Å². The van der Waals surface area contributed by atoms with Gasteiger partial charge >= 0.3 is 6.01 Å². The molecule has 0 saturated carbocycles. The molecule has 1 aliphatic heterocycles. The summed E-state index contributed by atoms with van der Waals surface area (Å²) in [6.07, 6.45) is 2.85. The Hall–Kier alpha value is -2.08. The van der Waals surface area contributed by atoms with Crippen molar-refractivity contribution in [2.75, 3.05) is 20.2 Å². The second-order valence-electron chi connectivity index (χ2n) is 5.47. The lowest BCUT2D eigenvalue weighted by atomic mass is 9.98. The molecule has 0 N–H and O–H groups in total. The number of hydrogen-bond donors (Lipinski definition) is 0. The first-order valence-corrected chi connectivity index (χ1v) is 7.08. The Kier molecular flexibility index (Phi) is 4.02. The maximum absolute atomic E-state index is 14.3. The van der Waals surface area contributed by atoms with E-state index >= 15 is 0 Å². The summed E-state index contributed by atoms with van der Waals surface area (Å²) in [5, 5.41) is 0. The molecule has 0 radical (unpaired) electrons. The summed E-state index contributed by atoms with van der Waals surface area (Å²) in [7, 11) is 1.45. The van der Waals surface area contributed by atoms with E-state index < -0.39 is 11.8 Å². The molecule has 2 aromatic rings. The fraction of sp³-hybridized carbons (Fsp3) is 0.375. The van der Waals surface area contributed by atoms with Gasteiger partial charge in [0.25, 0.3) is 5.92 Å². The van der Waals surface area contributed by atoms with Gasteiger partial charge in [0.2, 0.25) is 0 Å². The molecule has 3 rings (SSSR count). The Morgan fingerprint density at radius 3 is 2.55 bits per heavy atom. The molecule has 0 amide bonds. The number of ether oxygens (including phenoxy) is 1. The van der Waals surface area contributed by atoms with Crippen molar-refractivity contribution in [1.29, 1.82) is 0 Å². The van der Waals surface area contributed by atoms with Gasteiger partial charge in [0.05, 0.1) is 19.6 Å². The highest BCUT2D eigenvalue weighted by Gasteiger charge is 2.48. The molecule has 1 saturated heterocycles. The average Bonchev–Trinajstić information content (AvgIpc) is 2.82. The zero-order valence-electron chi connectivity index (χ0n) is 12.2. The molecule has 1 aromatic heterocycles. The van der Waals surface area contributed by atoms with Crippen molar-refractivity contribution in [3.63, 3.8) is 0 Å². The van der Waals surface area contributed by atoms with Gasteiger partial charge in [-0.1, -0.05) is 30.3 Å². The van der Waals surface area contributed by atoms with Crippen LogP contribution in [0.4, 0.5) is 8.78 Å². The number of rotatable bonds is 4. The van der Waals surface area contributed by atoms with Crippen molar-refractivity contribution in [3.05, 3.63) is 53.9 Å². The normalized spacial score (nSPS) is 21.0. The molecule has 6 heteroatoms. The average molecular weight is 305 g/mol. The van der Waals surface area contributed by atoms with Crippen molar-refractivity contribution in [1.82, 2.24) is 14.9 Å². The molecule has 116 valence electrons. The molecule has 1 aliphatic rings. The molecule has 1 aromatic carbocycles. The second-order valence-corrected chi connectivity index (χ2v) is 5.47. The molecule has 1 fully saturated rings. The van der Waals surface area contributed by atoms with E-state index in [1.807, 2.05) is 30.3 Å². The lowest BCUT2D eigenvalue weighted by Gasteiger charge is -2.17. The van der Waals surface area contributed by atoms with Gasteiger partial charge in [-0.25, -0.2) is 18.7 Å². The van der Waals surface area contributed by atoms with Crippen LogP contribution in [0.25, 0.3) is 0 Å². The first kappa shape index (κ1) is 14.8. The Labute approximate surface area is 127 Å². The fourth-order valence-electron chi connectivity index (χ4n) is 2.79. The Balaban J connectivity index is 1.74. The van der Waals surface area contributed by atoms with E-state index in [4.69, 9.17) is 4.74 Å². The van der Waals surface area contributed by atoms with Crippen molar-refractivity contribution < 1.29 is 13.5 Å². The summed E-state index contributed by atoms with van der Waals surface area (Å²) in [5.74, 6) is -3.67. The van der Waals surface area contributed by atoms with E-state index in [-0.39, 0.29) is 19.1 Å². The van der Waals surface area contributed by atoms with Crippen molar-refractivity contribution in [2.45, 2.75) is 18.4 Å². The smallest absolute Gasteiger partial charge is 0.316 e. The fourth-order valence-corrected chi connectivity index (χ4v) is 2.79. The van der Waals surface area contributed by atoms with E-state index in [1.54, 1.807) is 4.90 Å². The zero-order valence-corrected chi connectivity index (χ0v) is 12.2. The van der Waals surface area contributed by atoms with Gasteiger partial charge < -0.3 is 4.74 Å². The number of hydrogen-bond acceptors (Lipinski definition) is 4. The highest BCUT2D eigenvalue weighted by Crippen LogP contribution is 2.40. The minimum atomic E-state index is -2.78. The number of benzene rings is 1. The van der Waals surface area contributed by atoms with Crippen LogP contribution in [0.15, 0.2) is 42.7 Å². The topological polar surface area (TPSA) is 38.2 Å². The summed E-state index contributed by atoms with van der Waals surface area (Å²) in [5.41, 5.74) is 1.48. The minimum absolute atomic E-state index is 0.186. The third-order valence-corrected chi connectivity index (χ3v) is 3.87. The molecule has 0 bridgehead atoms. The van der Waals surface area contributed by atoms with Gasteiger partial charge in [0.15, 0.2) is 0 Å². The van der Waals surface area contributed by atoms with E-state index in [1.165, 1.54) is 19.5 Å². The van der Waals surface area contributed by atoms with Gasteiger partial charge in [-0.05, 0) is 11.1 Å². The van der Waals surface area contributed by atoms with Gasteiger partial charge in [-0.15, -0.1) is 0 Å².